The first-order valence-corrected chi connectivity index (χ1v) is 11.4. The van der Waals surface area contributed by atoms with Gasteiger partial charge in [-0.25, -0.2) is 22.3 Å². The van der Waals surface area contributed by atoms with Gasteiger partial charge in [-0.3, -0.25) is 0 Å². The fourth-order valence-corrected chi connectivity index (χ4v) is 5.70. The Bertz CT molecular complexity index is 1270. The van der Waals surface area contributed by atoms with Crippen LogP contribution in [-0.4, -0.2) is 36.0 Å². The third-order valence-electron chi connectivity index (χ3n) is 4.91. The molecule has 0 amide bonds. The summed E-state index contributed by atoms with van der Waals surface area (Å²) in [5, 5.41) is 17.3. The zero-order chi connectivity index (χ0) is 24.6. The zero-order valence-corrected chi connectivity index (χ0v) is 18.3. The number of hydrogen-bond acceptors (Lipinski definition) is 6. The van der Waals surface area contributed by atoms with Crippen LogP contribution in [0.2, 0.25) is 0 Å². The van der Waals surface area contributed by atoms with Crippen LogP contribution in [0.3, 0.4) is 0 Å². The molecule has 1 aromatic carbocycles. The van der Waals surface area contributed by atoms with Gasteiger partial charge < -0.3 is 14.7 Å². The van der Waals surface area contributed by atoms with Gasteiger partial charge in [-0.2, -0.15) is 13.2 Å². The Kier molecular flexibility index (Phi) is 6.55. The monoisotopic (exact) mass is 508 g/mol. The van der Waals surface area contributed by atoms with Crippen molar-refractivity contribution < 1.29 is 45.5 Å². The van der Waals surface area contributed by atoms with E-state index in [-0.39, 0.29) is 14.8 Å². The average Bonchev–Trinajstić information content (AvgIpc) is 3.12. The number of hydrogen-bond donors (Lipinski definition) is 3. The molecule has 0 aliphatic heterocycles. The number of nitrogens with zero attached hydrogens (tertiary/aromatic N) is 1. The number of sulfonamides is 1. The number of carbonyl (C=O) groups is 1. The molecule has 2 heterocycles. The molecule has 3 N–H and O–H groups in total. The Labute approximate surface area is 188 Å². The summed E-state index contributed by atoms with van der Waals surface area (Å²) in [6.45, 7) is 1.84. The maximum Gasteiger partial charge on any atom is 0.503 e. The van der Waals surface area contributed by atoms with Crippen LogP contribution in [0.1, 0.15) is 24.7 Å². The molecule has 2 atom stereocenters. The van der Waals surface area contributed by atoms with Gasteiger partial charge in [0.15, 0.2) is 0 Å². The highest BCUT2D eigenvalue weighted by Crippen LogP contribution is 2.49. The van der Waals surface area contributed by atoms with Crippen molar-refractivity contribution in [3.05, 3.63) is 59.6 Å². The van der Waals surface area contributed by atoms with E-state index in [0.29, 0.717) is 12.0 Å². The van der Waals surface area contributed by atoms with E-state index in [0.717, 1.165) is 17.4 Å². The predicted molar refractivity (Wildman–Crippen MR) is 108 cm³/mol. The fourth-order valence-electron chi connectivity index (χ4n) is 3.07. The van der Waals surface area contributed by atoms with E-state index >= 15 is 0 Å². The van der Waals surface area contributed by atoms with Crippen LogP contribution in [0.4, 0.5) is 22.4 Å². The molecule has 0 unspecified atom stereocenters. The molecule has 2 aromatic heterocycles. The van der Waals surface area contributed by atoms with Gasteiger partial charge in [-0.05, 0) is 36.2 Å². The molecule has 0 bridgehead atoms. The Morgan fingerprint density at radius 3 is 2.48 bits per heavy atom. The van der Waals surface area contributed by atoms with Crippen molar-refractivity contribution in [2.45, 2.75) is 35.2 Å². The standard InChI is InChI=1S/C18H14F4N2O3S2.CH2O3/c1-17(10-3-2-4-11(19)7-10)9-14(17)24-29(25,26)16-6-5-13(28-16)12-8-15(27-23-12)18(20,21)22;2-1(3)4/h2-8,14,24H,9H2,1H3;(H2,2,3,4)/t14-,17+;/m0./s1. The summed E-state index contributed by atoms with van der Waals surface area (Å²) in [4.78, 5) is 8.79. The third-order valence-corrected chi connectivity index (χ3v) is 7.98. The quantitative estimate of drug-likeness (QED) is 0.423. The van der Waals surface area contributed by atoms with Gasteiger partial charge in [0.25, 0.3) is 0 Å². The summed E-state index contributed by atoms with van der Waals surface area (Å²) in [6, 6.07) is 8.97. The molecule has 0 radical (unpaired) electrons. The molecule has 33 heavy (non-hydrogen) atoms. The van der Waals surface area contributed by atoms with Gasteiger partial charge in [0.05, 0.1) is 4.88 Å². The first-order chi connectivity index (χ1) is 15.2. The molecule has 1 aliphatic rings. The lowest BCUT2D eigenvalue weighted by Gasteiger charge is -2.12. The summed E-state index contributed by atoms with van der Waals surface area (Å²) in [5.41, 5.74) is 0.0716. The smallest absolute Gasteiger partial charge is 0.450 e. The van der Waals surface area contributed by atoms with Gasteiger partial charge in [-0.15, -0.1) is 11.3 Å². The third kappa shape index (κ3) is 5.69. The molecular formula is C19H16F4N2O6S2. The molecule has 0 saturated heterocycles. The highest BCUT2D eigenvalue weighted by molar-refractivity contribution is 7.91. The SMILES string of the molecule is C[C@]1(c2cccc(F)c2)C[C@@H]1NS(=O)(=O)c1ccc(-c2cc(C(F)(F)F)on2)s1.O=C(O)O. The number of benzene rings is 1. The van der Waals surface area contributed by atoms with Crippen molar-refractivity contribution >= 4 is 27.5 Å². The second-order valence-electron chi connectivity index (χ2n) is 7.28. The lowest BCUT2D eigenvalue weighted by Crippen LogP contribution is -2.29. The van der Waals surface area contributed by atoms with E-state index in [9.17, 15) is 26.0 Å². The Morgan fingerprint density at radius 1 is 1.24 bits per heavy atom. The number of nitrogens with one attached hydrogen (secondary N) is 1. The molecule has 14 heteroatoms. The highest BCUT2D eigenvalue weighted by atomic mass is 32.2. The number of rotatable bonds is 5. The van der Waals surface area contributed by atoms with Crippen LogP contribution >= 0.6 is 11.3 Å². The number of alkyl halides is 3. The maximum atomic E-state index is 13.5. The van der Waals surface area contributed by atoms with Gasteiger partial charge in [0.2, 0.25) is 15.8 Å². The summed E-state index contributed by atoms with van der Waals surface area (Å²) in [5.74, 6) is -1.65. The Balaban J connectivity index is 0.000000709. The first kappa shape index (κ1) is 24.7. The molecule has 1 aliphatic carbocycles. The summed E-state index contributed by atoms with van der Waals surface area (Å²) < 4.78 is 83.6. The minimum atomic E-state index is -4.67. The highest BCUT2D eigenvalue weighted by Gasteiger charge is 2.53. The minimum Gasteiger partial charge on any atom is -0.450 e. The minimum absolute atomic E-state index is 0.0578. The molecule has 1 fully saturated rings. The van der Waals surface area contributed by atoms with E-state index < -0.39 is 45.4 Å². The van der Waals surface area contributed by atoms with E-state index in [4.69, 9.17) is 15.0 Å². The molecule has 3 aromatic rings. The van der Waals surface area contributed by atoms with E-state index in [1.165, 1.54) is 24.3 Å². The van der Waals surface area contributed by atoms with Crippen molar-refractivity contribution in [3.63, 3.8) is 0 Å². The normalized spacial score (nSPS) is 20.1. The lowest BCUT2D eigenvalue weighted by atomic mass is 9.97. The molecular weight excluding hydrogens is 492 g/mol. The average molecular weight is 508 g/mol. The van der Waals surface area contributed by atoms with Crippen molar-refractivity contribution in [1.82, 2.24) is 9.88 Å². The van der Waals surface area contributed by atoms with Crippen molar-refractivity contribution in [2.75, 3.05) is 0 Å². The molecule has 0 spiro atoms. The molecule has 4 rings (SSSR count). The predicted octanol–water partition coefficient (Wildman–Crippen LogP) is 4.79. The van der Waals surface area contributed by atoms with Crippen molar-refractivity contribution in [1.29, 1.82) is 0 Å². The molecule has 8 nitrogen and oxygen atoms in total. The second kappa shape index (κ2) is 8.76. The van der Waals surface area contributed by atoms with Crippen molar-refractivity contribution in [3.8, 4) is 10.6 Å². The van der Waals surface area contributed by atoms with Crippen LogP contribution in [0.15, 0.2) is 51.2 Å². The number of aromatic nitrogens is 1. The largest absolute Gasteiger partial charge is 0.503 e. The van der Waals surface area contributed by atoms with E-state index in [2.05, 4.69) is 14.4 Å². The number of halogens is 4. The topological polar surface area (TPSA) is 130 Å². The number of carboxylic acid groups (broad SMARTS) is 2. The number of thiophene rings is 1. The Morgan fingerprint density at radius 2 is 1.91 bits per heavy atom. The van der Waals surface area contributed by atoms with Gasteiger partial charge >= 0.3 is 12.3 Å². The van der Waals surface area contributed by atoms with Gasteiger partial charge in [0, 0.05) is 17.5 Å². The molecule has 178 valence electrons. The Hall–Kier alpha value is -2.97. The summed E-state index contributed by atoms with van der Waals surface area (Å²) in [6.07, 6.45) is -6.00. The van der Waals surface area contributed by atoms with Crippen LogP contribution < -0.4 is 4.72 Å². The summed E-state index contributed by atoms with van der Waals surface area (Å²) in [7, 11) is -3.90. The first-order valence-electron chi connectivity index (χ1n) is 9.07. The zero-order valence-electron chi connectivity index (χ0n) is 16.6. The van der Waals surface area contributed by atoms with Gasteiger partial charge in [0.1, 0.15) is 15.7 Å². The van der Waals surface area contributed by atoms with Gasteiger partial charge in [-0.1, -0.05) is 24.2 Å². The van der Waals surface area contributed by atoms with E-state index in [1.54, 1.807) is 12.1 Å². The van der Waals surface area contributed by atoms with Crippen LogP contribution in [0, 0.1) is 5.82 Å². The van der Waals surface area contributed by atoms with Crippen molar-refractivity contribution in [2.24, 2.45) is 0 Å². The fraction of sp³-hybridized carbons (Fsp3) is 0.263. The molecule has 1 saturated carbocycles. The van der Waals surface area contributed by atoms with Crippen LogP contribution in [-0.2, 0) is 21.6 Å². The van der Waals surface area contributed by atoms with E-state index in [1.807, 2.05) is 6.92 Å². The van der Waals surface area contributed by atoms with Crippen LogP contribution in [0.5, 0.6) is 0 Å². The van der Waals surface area contributed by atoms with Crippen LogP contribution in [0.25, 0.3) is 10.6 Å². The maximum absolute atomic E-state index is 13.5. The summed E-state index contributed by atoms with van der Waals surface area (Å²) >= 11 is 0.785. The lowest BCUT2D eigenvalue weighted by molar-refractivity contribution is -0.155. The second-order valence-corrected chi connectivity index (χ2v) is 10.3.